The molecule has 3 nitrogen and oxygen atoms in total. The van der Waals surface area contributed by atoms with E-state index in [0.717, 1.165) is 6.54 Å². The molecule has 0 aliphatic heterocycles. The fraction of sp³-hybridized carbons (Fsp3) is 1.00. The van der Waals surface area contributed by atoms with Gasteiger partial charge in [0.25, 0.3) is 6.43 Å². The molecule has 5 heteroatoms. The Bertz CT molecular complexity index is 136. The fourth-order valence-electron chi connectivity index (χ4n) is 1.21. The normalized spacial score (nSPS) is 13.9. The maximum absolute atomic E-state index is 12.1. The maximum Gasteiger partial charge on any atom is 0.251 e. The van der Waals surface area contributed by atoms with Crippen LogP contribution in [0.5, 0.6) is 0 Å². The van der Waals surface area contributed by atoms with Crippen molar-refractivity contribution in [1.29, 1.82) is 0 Å². The topological polar surface area (TPSA) is 24.5 Å². The van der Waals surface area contributed by atoms with Gasteiger partial charge in [0.1, 0.15) is 0 Å². The smallest absolute Gasteiger partial charge is 0.251 e. The van der Waals surface area contributed by atoms with E-state index in [4.69, 9.17) is 4.74 Å². The molecule has 0 aromatic heterocycles. The van der Waals surface area contributed by atoms with E-state index in [9.17, 15) is 8.78 Å². The van der Waals surface area contributed by atoms with Gasteiger partial charge < -0.3 is 10.1 Å². The van der Waals surface area contributed by atoms with Gasteiger partial charge in [-0.2, -0.15) is 0 Å². The monoisotopic (exact) mass is 210 g/mol. The standard InChI is InChI=1S/C9H20F2N2O/c1-4-12-5-8(7-14-3)13(2)6-9(10)11/h8-9,12H,4-7H2,1-3H3. The zero-order chi connectivity index (χ0) is 11.0. The highest BCUT2D eigenvalue weighted by Crippen LogP contribution is 2.01. The van der Waals surface area contributed by atoms with Crippen molar-refractivity contribution in [2.24, 2.45) is 0 Å². The molecule has 0 amide bonds. The number of alkyl halides is 2. The van der Waals surface area contributed by atoms with Crippen LogP contribution in [-0.4, -0.2) is 57.8 Å². The van der Waals surface area contributed by atoms with E-state index in [1.807, 2.05) is 6.92 Å². The summed E-state index contributed by atoms with van der Waals surface area (Å²) < 4.78 is 29.2. The molecular formula is C9H20F2N2O. The van der Waals surface area contributed by atoms with Crippen LogP contribution in [-0.2, 0) is 4.74 Å². The van der Waals surface area contributed by atoms with E-state index >= 15 is 0 Å². The molecule has 0 rings (SSSR count). The third-order valence-corrected chi connectivity index (χ3v) is 2.04. The Morgan fingerprint density at radius 2 is 2.07 bits per heavy atom. The van der Waals surface area contributed by atoms with Crippen molar-refractivity contribution in [1.82, 2.24) is 10.2 Å². The van der Waals surface area contributed by atoms with Gasteiger partial charge in [-0.3, -0.25) is 4.90 Å². The Balaban J connectivity index is 3.89. The van der Waals surface area contributed by atoms with Gasteiger partial charge >= 0.3 is 0 Å². The molecule has 0 radical (unpaired) electrons. The van der Waals surface area contributed by atoms with Crippen LogP contribution in [0, 0.1) is 0 Å². The van der Waals surface area contributed by atoms with Gasteiger partial charge in [0.2, 0.25) is 0 Å². The second-order valence-electron chi connectivity index (χ2n) is 3.25. The lowest BCUT2D eigenvalue weighted by atomic mass is 10.2. The van der Waals surface area contributed by atoms with E-state index in [0.29, 0.717) is 13.2 Å². The van der Waals surface area contributed by atoms with Gasteiger partial charge in [-0.1, -0.05) is 6.92 Å². The average molecular weight is 210 g/mol. The number of hydrogen-bond acceptors (Lipinski definition) is 3. The van der Waals surface area contributed by atoms with Crippen LogP contribution in [0.4, 0.5) is 8.78 Å². The highest BCUT2D eigenvalue weighted by atomic mass is 19.3. The van der Waals surface area contributed by atoms with Gasteiger partial charge in [0, 0.05) is 19.7 Å². The molecule has 0 saturated carbocycles. The SMILES string of the molecule is CCNCC(COC)N(C)CC(F)F. The summed E-state index contributed by atoms with van der Waals surface area (Å²) in [6, 6.07) is 0.00829. The highest BCUT2D eigenvalue weighted by Gasteiger charge is 2.17. The Morgan fingerprint density at radius 3 is 2.50 bits per heavy atom. The molecule has 0 aromatic carbocycles. The molecule has 0 aliphatic rings. The second-order valence-corrected chi connectivity index (χ2v) is 3.25. The molecule has 1 unspecified atom stereocenters. The van der Waals surface area contributed by atoms with Crippen LogP contribution in [0.1, 0.15) is 6.92 Å². The molecule has 0 fully saturated rings. The van der Waals surface area contributed by atoms with E-state index < -0.39 is 6.43 Å². The van der Waals surface area contributed by atoms with Crippen LogP contribution >= 0.6 is 0 Å². The zero-order valence-electron chi connectivity index (χ0n) is 9.09. The summed E-state index contributed by atoms with van der Waals surface area (Å²) in [5, 5.41) is 3.12. The Kier molecular flexibility index (Phi) is 7.93. The minimum atomic E-state index is -2.29. The molecular weight excluding hydrogens is 190 g/mol. The quantitative estimate of drug-likeness (QED) is 0.641. The van der Waals surface area contributed by atoms with E-state index in [2.05, 4.69) is 5.32 Å². The van der Waals surface area contributed by atoms with Crippen molar-refractivity contribution in [2.75, 3.05) is 40.4 Å². The zero-order valence-corrected chi connectivity index (χ0v) is 9.09. The highest BCUT2D eigenvalue weighted by molar-refractivity contribution is 4.71. The van der Waals surface area contributed by atoms with Crippen molar-refractivity contribution < 1.29 is 13.5 Å². The van der Waals surface area contributed by atoms with Crippen molar-refractivity contribution in [3.63, 3.8) is 0 Å². The summed E-state index contributed by atoms with van der Waals surface area (Å²) >= 11 is 0. The fourth-order valence-corrected chi connectivity index (χ4v) is 1.21. The first-order valence-electron chi connectivity index (χ1n) is 4.79. The minimum Gasteiger partial charge on any atom is -0.383 e. The number of ether oxygens (including phenoxy) is 1. The van der Waals surface area contributed by atoms with Crippen molar-refractivity contribution >= 4 is 0 Å². The van der Waals surface area contributed by atoms with Crippen LogP contribution < -0.4 is 5.32 Å². The van der Waals surface area contributed by atoms with Crippen molar-refractivity contribution in [2.45, 2.75) is 19.4 Å². The molecule has 0 aliphatic carbocycles. The van der Waals surface area contributed by atoms with Gasteiger partial charge in [-0.15, -0.1) is 0 Å². The number of nitrogens with one attached hydrogen (secondary N) is 1. The third kappa shape index (κ3) is 6.23. The van der Waals surface area contributed by atoms with E-state index in [1.54, 1.807) is 19.1 Å². The number of hydrogen-bond donors (Lipinski definition) is 1. The Morgan fingerprint density at radius 1 is 1.43 bits per heavy atom. The lowest BCUT2D eigenvalue weighted by Crippen LogP contribution is -2.44. The molecule has 1 N–H and O–H groups in total. The first-order chi connectivity index (χ1) is 6.61. The molecule has 1 atom stereocenters. The van der Waals surface area contributed by atoms with Gasteiger partial charge in [-0.25, -0.2) is 8.78 Å². The van der Waals surface area contributed by atoms with Gasteiger partial charge in [-0.05, 0) is 13.6 Å². The van der Waals surface area contributed by atoms with Crippen molar-refractivity contribution in [3.8, 4) is 0 Å². The largest absolute Gasteiger partial charge is 0.383 e. The van der Waals surface area contributed by atoms with Crippen molar-refractivity contribution in [3.05, 3.63) is 0 Å². The summed E-state index contributed by atoms with van der Waals surface area (Å²) in [5.74, 6) is 0. The van der Waals surface area contributed by atoms with Crippen LogP contribution in [0.25, 0.3) is 0 Å². The van der Waals surface area contributed by atoms with Crippen LogP contribution in [0.15, 0.2) is 0 Å². The molecule has 0 heterocycles. The number of nitrogens with zero attached hydrogens (tertiary/aromatic N) is 1. The summed E-state index contributed by atoms with van der Waals surface area (Å²) in [7, 11) is 3.27. The van der Waals surface area contributed by atoms with Gasteiger partial charge in [0.15, 0.2) is 0 Å². The summed E-state index contributed by atoms with van der Waals surface area (Å²) in [6.07, 6.45) is -2.29. The minimum absolute atomic E-state index is 0.00829. The number of halogens is 2. The summed E-state index contributed by atoms with van der Waals surface area (Å²) in [5.41, 5.74) is 0. The molecule has 86 valence electrons. The van der Waals surface area contributed by atoms with E-state index in [1.165, 1.54) is 0 Å². The first-order valence-corrected chi connectivity index (χ1v) is 4.79. The average Bonchev–Trinajstić information content (AvgIpc) is 2.10. The summed E-state index contributed by atoms with van der Waals surface area (Å²) in [4.78, 5) is 1.62. The lowest BCUT2D eigenvalue weighted by Gasteiger charge is -2.27. The predicted molar refractivity (Wildman–Crippen MR) is 52.8 cm³/mol. The maximum atomic E-state index is 12.1. The second kappa shape index (κ2) is 8.08. The van der Waals surface area contributed by atoms with Crippen LogP contribution in [0.3, 0.4) is 0 Å². The molecule has 0 bridgehead atoms. The first kappa shape index (κ1) is 13.7. The molecule has 0 saturated heterocycles. The lowest BCUT2D eigenvalue weighted by molar-refractivity contribution is 0.0505. The number of rotatable bonds is 8. The third-order valence-electron chi connectivity index (χ3n) is 2.04. The summed E-state index contributed by atoms with van der Waals surface area (Å²) in [6.45, 7) is 3.75. The molecule has 0 spiro atoms. The van der Waals surface area contributed by atoms with Crippen LogP contribution in [0.2, 0.25) is 0 Å². The Hall–Kier alpha value is -0.260. The number of methoxy groups -OCH3 is 1. The number of likely N-dealkylation sites (N-methyl/N-ethyl adjacent to an activating group) is 2. The molecule has 0 aromatic rings. The predicted octanol–water partition coefficient (Wildman–Crippen LogP) is 0.808. The van der Waals surface area contributed by atoms with Gasteiger partial charge in [0.05, 0.1) is 13.2 Å². The van der Waals surface area contributed by atoms with E-state index in [-0.39, 0.29) is 12.6 Å². The Labute approximate surface area is 84.4 Å². The molecule has 14 heavy (non-hydrogen) atoms.